The van der Waals surface area contributed by atoms with Crippen LogP contribution in [0.3, 0.4) is 0 Å². The lowest BCUT2D eigenvalue weighted by Crippen LogP contribution is -2.15. The van der Waals surface area contributed by atoms with Crippen LogP contribution < -0.4 is 0 Å². The Morgan fingerprint density at radius 3 is 2.78 bits per heavy atom. The van der Waals surface area contributed by atoms with Gasteiger partial charge in [0.2, 0.25) is 5.82 Å². The van der Waals surface area contributed by atoms with Crippen LogP contribution in [0.2, 0.25) is 0 Å². The Morgan fingerprint density at radius 2 is 1.89 bits per heavy atom. The van der Waals surface area contributed by atoms with Crippen LogP contribution in [0.25, 0.3) is 0 Å². The van der Waals surface area contributed by atoms with Crippen molar-refractivity contribution >= 4 is 5.90 Å². The number of hydrogen-bond donors (Lipinski definition) is 0. The molecule has 0 spiro atoms. The smallest absolute Gasteiger partial charge is 0.256 e. The molecule has 18 heavy (non-hydrogen) atoms. The van der Waals surface area contributed by atoms with Crippen LogP contribution in [0.4, 0.5) is 0 Å². The summed E-state index contributed by atoms with van der Waals surface area (Å²) in [6.07, 6.45) is 4.44. The molecule has 0 saturated carbocycles. The Labute approximate surface area is 104 Å². The largest absolute Gasteiger partial charge is 0.469 e. The molecule has 0 amide bonds. The van der Waals surface area contributed by atoms with Gasteiger partial charge >= 0.3 is 0 Å². The average molecular weight is 237 g/mol. The molecule has 0 N–H and O–H groups in total. The number of aromatic nitrogens is 2. The second kappa shape index (κ2) is 3.63. The zero-order chi connectivity index (χ0) is 11.9. The van der Waals surface area contributed by atoms with Crippen LogP contribution in [0.5, 0.6) is 0 Å². The van der Waals surface area contributed by atoms with Gasteiger partial charge in [-0.05, 0) is 17.2 Å². The van der Waals surface area contributed by atoms with E-state index in [2.05, 4.69) is 33.2 Å². The van der Waals surface area contributed by atoms with E-state index in [-0.39, 0.29) is 12.1 Å². The predicted octanol–water partition coefficient (Wildman–Crippen LogP) is 1.92. The molecular formula is C14H11N3O. The average Bonchev–Trinajstić information content (AvgIpc) is 2.97. The lowest BCUT2D eigenvalue weighted by molar-refractivity contribution is 0.205. The zero-order valence-electron chi connectivity index (χ0n) is 9.65. The maximum atomic E-state index is 5.88. The molecule has 0 unspecified atom stereocenters. The van der Waals surface area contributed by atoms with Gasteiger partial charge in [-0.25, -0.2) is 15.0 Å². The molecule has 1 aromatic carbocycles. The highest BCUT2D eigenvalue weighted by molar-refractivity contribution is 5.92. The number of rotatable bonds is 1. The quantitative estimate of drug-likeness (QED) is 0.761. The highest BCUT2D eigenvalue weighted by Gasteiger charge is 2.39. The summed E-state index contributed by atoms with van der Waals surface area (Å²) >= 11 is 0. The lowest BCUT2D eigenvalue weighted by atomic mass is 10.1. The first-order valence-corrected chi connectivity index (χ1v) is 6.01. The van der Waals surface area contributed by atoms with Crippen molar-refractivity contribution in [2.45, 2.75) is 18.6 Å². The Kier molecular flexibility index (Phi) is 1.97. The van der Waals surface area contributed by atoms with Crippen molar-refractivity contribution in [2.75, 3.05) is 0 Å². The normalized spacial score (nSPS) is 24.1. The van der Waals surface area contributed by atoms with Gasteiger partial charge in [-0.15, -0.1) is 0 Å². The third-order valence-electron chi connectivity index (χ3n) is 3.42. The standard InChI is InChI=1S/C14H11N3O/c1-2-5-10-9(4-1)8-11-12(10)17-14(18-11)13-15-6-3-7-16-13/h1-7,11-12H,8H2/t11-,12+/m1/s1. The second-order valence-corrected chi connectivity index (χ2v) is 4.51. The number of fused-ring (bicyclic) bond motifs is 3. The van der Waals surface area contributed by atoms with Crippen LogP contribution in [0, 0.1) is 0 Å². The number of ether oxygens (including phenoxy) is 1. The highest BCUT2D eigenvalue weighted by Crippen LogP contribution is 2.40. The third kappa shape index (κ3) is 1.35. The van der Waals surface area contributed by atoms with E-state index in [1.165, 1.54) is 11.1 Å². The highest BCUT2D eigenvalue weighted by atomic mass is 16.5. The molecule has 2 heterocycles. The van der Waals surface area contributed by atoms with Crippen LogP contribution in [-0.2, 0) is 11.2 Å². The number of hydrogen-bond acceptors (Lipinski definition) is 4. The second-order valence-electron chi connectivity index (χ2n) is 4.51. The van der Waals surface area contributed by atoms with Crippen molar-refractivity contribution in [3.63, 3.8) is 0 Å². The van der Waals surface area contributed by atoms with E-state index in [0.717, 1.165) is 6.42 Å². The van der Waals surface area contributed by atoms with E-state index in [9.17, 15) is 0 Å². The van der Waals surface area contributed by atoms with E-state index in [1.807, 2.05) is 6.07 Å². The first-order valence-electron chi connectivity index (χ1n) is 6.01. The first-order chi connectivity index (χ1) is 8.92. The predicted molar refractivity (Wildman–Crippen MR) is 66.3 cm³/mol. The van der Waals surface area contributed by atoms with E-state index in [4.69, 9.17) is 4.74 Å². The molecule has 0 radical (unpaired) electrons. The molecule has 2 aromatic rings. The summed E-state index contributed by atoms with van der Waals surface area (Å²) in [5, 5.41) is 0. The van der Waals surface area contributed by atoms with Crippen molar-refractivity contribution in [3.05, 3.63) is 59.7 Å². The Balaban J connectivity index is 1.74. The van der Waals surface area contributed by atoms with Gasteiger partial charge in [0.1, 0.15) is 12.1 Å². The fourth-order valence-corrected chi connectivity index (χ4v) is 2.62. The van der Waals surface area contributed by atoms with Gasteiger partial charge in [0.05, 0.1) is 0 Å². The van der Waals surface area contributed by atoms with Gasteiger partial charge < -0.3 is 4.74 Å². The number of aliphatic imine (C=N–C) groups is 1. The molecule has 4 nitrogen and oxygen atoms in total. The molecule has 0 fully saturated rings. The van der Waals surface area contributed by atoms with Gasteiger partial charge in [0.15, 0.2) is 0 Å². The van der Waals surface area contributed by atoms with Crippen molar-refractivity contribution < 1.29 is 4.74 Å². The first kappa shape index (κ1) is 9.76. The maximum Gasteiger partial charge on any atom is 0.256 e. The molecule has 1 aliphatic heterocycles. The number of benzene rings is 1. The van der Waals surface area contributed by atoms with E-state index >= 15 is 0 Å². The van der Waals surface area contributed by atoms with Crippen LogP contribution >= 0.6 is 0 Å². The van der Waals surface area contributed by atoms with E-state index in [0.29, 0.717) is 11.7 Å². The molecule has 4 heteroatoms. The van der Waals surface area contributed by atoms with Crippen molar-refractivity contribution in [1.82, 2.24) is 9.97 Å². The Hall–Kier alpha value is -2.23. The topological polar surface area (TPSA) is 47.4 Å². The minimum atomic E-state index is 0.111. The van der Waals surface area contributed by atoms with Gasteiger partial charge in [-0.2, -0.15) is 0 Å². The summed E-state index contributed by atoms with van der Waals surface area (Å²) in [5.74, 6) is 1.14. The summed E-state index contributed by atoms with van der Waals surface area (Å²) in [5.41, 5.74) is 2.61. The molecule has 1 aromatic heterocycles. The minimum absolute atomic E-state index is 0.111. The maximum absolute atomic E-state index is 5.88. The summed E-state index contributed by atoms with van der Waals surface area (Å²) in [6, 6.07) is 10.3. The summed E-state index contributed by atoms with van der Waals surface area (Å²) < 4.78 is 5.88. The Morgan fingerprint density at radius 1 is 1.06 bits per heavy atom. The molecule has 2 aliphatic rings. The monoisotopic (exact) mass is 237 g/mol. The zero-order valence-corrected chi connectivity index (χ0v) is 9.65. The van der Waals surface area contributed by atoms with Crippen molar-refractivity contribution in [1.29, 1.82) is 0 Å². The van der Waals surface area contributed by atoms with Crippen molar-refractivity contribution in [2.24, 2.45) is 4.99 Å². The fraction of sp³-hybridized carbons (Fsp3) is 0.214. The fourth-order valence-electron chi connectivity index (χ4n) is 2.62. The summed E-state index contributed by atoms with van der Waals surface area (Å²) in [7, 11) is 0. The minimum Gasteiger partial charge on any atom is -0.469 e. The van der Waals surface area contributed by atoms with Gasteiger partial charge in [-0.1, -0.05) is 24.3 Å². The van der Waals surface area contributed by atoms with Crippen molar-refractivity contribution in [3.8, 4) is 0 Å². The van der Waals surface area contributed by atoms with Gasteiger partial charge in [0.25, 0.3) is 5.90 Å². The van der Waals surface area contributed by atoms with E-state index < -0.39 is 0 Å². The van der Waals surface area contributed by atoms with Gasteiger partial charge in [-0.3, -0.25) is 0 Å². The summed E-state index contributed by atoms with van der Waals surface area (Å²) in [4.78, 5) is 13.0. The Bertz CT molecular complexity index is 624. The molecule has 2 atom stereocenters. The van der Waals surface area contributed by atoms with Crippen LogP contribution in [-0.4, -0.2) is 22.0 Å². The van der Waals surface area contributed by atoms with Gasteiger partial charge in [0, 0.05) is 18.8 Å². The number of nitrogens with zero attached hydrogens (tertiary/aromatic N) is 3. The molecule has 88 valence electrons. The molecule has 0 saturated heterocycles. The van der Waals surface area contributed by atoms with Crippen LogP contribution in [0.15, 0.2) is 47.7 Å². The molecule has 1 aliphatic carbocycles. The SMILES string of the molecule is c1cnc(C2=N[C@H]3c4ccccc4C[C@H]3O2)nc1. The third-order valence-corrected chi connectivity index (χ3v) is 3.42. The molecule has 0 bridgehead atoms. The summed E-state index contributed by atoms with van der Waals surface area (Å²) in [6.45, 7) is 0. The lowest BCUT2D eigenvalue weighted by Gasteiger charge is -2.07. The molecular weight excluding hydrogens is 226 g/mol. The molecule has 4 rings (SSSR count). The van der Waals surface area contributed by atoms with Crippen LogP contribution in [0.1, 0.15) is 23.0 Å². The van der Waals surface area contributed by atoms with E-state index in [1.54, 1.807) is 18.5 Å².